The van der Waals surface area contributed by atoms with Crippen LogP contribution in [0, 0.1) is 13.8 Å². The standard InChI is InChI=1S/2C19H19.C6H10.2ClH.Hf/c2*1-3-5-15-12-17-6-4-7-18(19(17)13-15)16-10-8-14(2)9-11-16;1-2-4-6-5-3-1;;;/h2*4,6-13H,3,5H2,1-2H3;1-2H,3-6H2;2*1H;/q;;;;;+2/p-2. The normalized spacial score (nSPS) is 23.7. The molecular weight excluding hydrogens is 778 g/mol. The van der Waals surface area contributed by atoms with Gasteiger partial charge in [0.05, 0.1) is 0 Å². The van der Waals surface area contributed by atoms with Crippen LogP contribution in [-0.2, 0) is 20.0 Å². The van der Waals surface area contributed by atoms with Crippen LogP contribution in [0.5, 0.6) is 0 Å². The molecule has 4 aromatic carbocycles. The summed E-state index contributed by atoms with van der Waals surface area (Å²) in [6, 6.07) is 33.3. The molecule has 3 heteroatoms. The van der Waals surface area contributed by atoms with Gasteiger partial charge in [-0.2, -0.15) is 0 Å². The second-order valence-electron chi connectivity index (χ2n) is 14.7. The zero-order chi connectivity index (χ0) is 30.7. The van der Waals surface area contributed by atoms with E-state index in [0.29, 0.717) is 0 Å². The third kappa shape index (κ3) is 5.61. The van der Waals surface area contributed by atoms with E-state index in [9.17, 15) is 0 Å². The molecule has 0 amide bonds. The second kappa shape index (κ2) is 14.0. The topological polar surface area (TPSA) is 0 Å². The largest absolute Gasteiger partial charge is 1.00 e. The van der Waals surface area contributed by atoms with Gasteiger partial charge in [-0.3, -0.25) is 0 Å². The van der Waals surface area contributed by atoms with Gasteiger partial charge < -0.3 is 24.8 Å². The maximum absolute atomic E-state index is 3.18. The molecule has 47 heavy (non-hydrogen) atoms. The van der Waals surface area contributed by atoms with Crippen molar-refractivity contribution in [3.63, 3.8) is 0 Å². The molecule has 0 N–H and O–H groups in total. The van der Waals surface area contributed by atoms with Crippen LogP contribution in [0.2, 0.25) is 7.35 Å². The van der Waals surface area contributed by atoms with Crippen molar-refractivity contribution in [3.05, 3.63) is 129 Å². The Balaban J connectivity index is 0.00000193. The van der Waals surface area contributed by atoms with Crippen LogP contribution in [0.25, 0.3) is 34.4 Å². The predicted octanol–water partition coefficient (Wildman–Crippen LogP) is 7.14. The summed E-state index contributed by atoms with van der Waals surface area (Å²) < 4.78 is 3.52. The Hall–Kier alpha value is -2.19. The molecule has 4 aliphatic rings. The first kappa shape index (κ1) is 34.7. The van der Waals surface area contributed by atoms with Crippen molar-refractivity contribution in [1.29, 1.82) is 0 Å². The smallest absolute Gasteiger partial charge is 1.00 e. The Morgan fingerprint density at radius 1 is 0.553 bits per heavy atom. The van der Waals surface area contributed by atoms with Gasteiger partial charge in [-0.25, -0.2) is 0 Å². The summed E-state index contributed by atoms with van der Waals surface area (Å²) in [7, 11) is 0. The van der Waals surface area contributed by atoms with Crippen molar-refractivity contribution in [2.45, 2.75) is 93.8 Å². The molecule has 2 fully saturated rings. The molecule has 4 unspecified atom stereocenters. The van der Waals surface area contributed by atoms with Gasteiger partial charge in [0, 0.05) is 0 Å². The molecule has 4 atom stereocenters. The van der Waals surface area contributed by atoms with Crippen molar-refractivity contribution < 1.29 is 44.8 Å². The van der Waals surface area contributed by atoms with Gasteiger partial charge in [0.15, 0.2) is 0 Å². The van der Waals surface area contributed by atoms with E-state index in [1.54, 1.807) is 22.3 Å². The number of fused-ring (bicyclic) bond motifs is 3. The molecule has 242 valence electrons. The number of halogens is 2. The summed E-state index contributed by atoms with van der Waals surface area (Å²) in [5.74, 6) is 0. The third-order valence-corrected chi connectivity index (χ3v) is 36.9. The van der Waals surface area contributed by atoms with Crippen LogP contribution < -0.4 is 24.8 Å². The number of aryl methyl sites for hydroxylation is 2. The van der Waals surface area contributed by atoms with E-state index >= 15 is 0 Å². The van der Waals surface area contributed by atoms with Crippen LogP contribution in [0.3, 0.4) is 0 Å². The molecule has 0 bridgehead atoms. The number of benzene rings is 4. The van der Waals surface area contributed by atoms with Crippen LogP contribution in [0.1, 0.15) is 106 Å². The Bertz CT molecular complexity index is 1680. The first-order valence-electron chi connectivity index (χ1n) is 17.9. The number of rotatable bonds is 8. The molecule has 1 saturated carbocycles. The van der Waals surface area contributed by atoms with Crippen LogP contribution >= 0.6 is 0 Å². The second-order valence-corrected chi connectivity index (χ2v) is 31.3. The summed E-state index contributed by atoms with van der Waals surface area (Å²) in [5, 5.41) is 0. The van der Waals surface area contributed by atoms with Crippen LogP contribution in [0.15, 0.2) is 96.1 Å². The Labute approximate surface area is 300 Å². The summed E-state index contributed by atoms with van der Waals surface area (Å²) >= 11 is -3.18. The van der Waals surface area contributed by atoms with E-state index in [4.69, 9.17) is 0 Å². The minimum atomic E-state index is -3.18. The molecule has 0 nitrogen and oxygen atoms in total. The molecule has 3 aliphatic carbocycles. The fourth-order valence-electron chi connectivity index (χ4n) is 10.3. The van der Waals surface area contributed by atoms with Crippen molar-refractivity contribution in [1.82, 2.24) is 0 Å². The third-order valence-electron chi connectivity index (χ3n) is 12.0. The van der Waals surface area contributed by atoms with Crippen molar-refractivity contribution in [2.24, 2.45) is 0 Å². The Morgan fingerprint density at radius 3 is 1.34 bits per heavy atom. The van der Waals surface area contributed by atoms with E-state index in [1.807, 2.05) is 11.1 Å². The van der Waals surface area contributed by atoms with Gasteiger partial charge >= 0.3 is 278 Å². The number of hydrogen-bond acceptors (Lipinski definition) is 0. The van der Waals surface area contributed by atoms with Gasteiger partial charge in [-0.1, -0.05) is 0 Å². The monoisotopic (exact) mass is 826 g/mol. The van der Waals surface area contributed by atoms with E-state index in [2.05, 4.69) is 125 Å². The summed E-state index contributed by atoms with van der Waals surface area (Å²) in [6.45, 7) is 9.22. The van der Waals surface area contributed by atoms with E-state index < -0.39 is 20.0 Å². The van der Waals surface area contributed by atoms with Crippen molar-refractivity contribution >= 4 is 12.2 Å². The van der Waals surface area contributed by atoms with Gasteiger partial charge in [0.1, 0.15) is 0 Å². The molecule has 0 aromatic heterocycles. The summed E-state index contributed by atoms with van der Waals surface area (Å²) in [5.41, 5.74) is 18.5. The fraction of sp³-hybridized carbons (Fsp3) is 0.364. The van der Waals surface area contributed by atoms with Crippen LogP contribution in [0.4, 0.5) is 0 Å². The molecule has 1 aliphatic heterocycles. The quantitative estimate of drug-likeness (QED) is 0.166. The van der Waals surface area contributed by atoms with E-state index in [0.717, 1.165) is 14.7 Å². The Morgan fingerprint density at radius 2 is 0.957 bits per heavy atom. The molecule has 4 aromatic rings. The van der Waals surface area contributed by atoms with Crippen LogP contribution in [-0.4, -0.2) is 0 Å². The molecule has 0 radical (unpaired) electrons. The minimum absolute atomic E-state index is 0. The van der Waals surface area contributed by atoms with Gasteiger partial charge in [-0.05, 0) is 0 Å². The average molecular weight is 826 g/mol. The average Bonchev–Trinajstić information content (AvgIpc) is 3.33. The van der Waals surface area contributed by atoms with Crippen molar-refractivity contribution in [2.75, 3.05) is 0 Å². The summed E-state index contributed by atoms with van der Waals surface area (Å²) in [6.07, 6.45) is 16.3. The van der Waals surface area contributed by atoms with Gasteiger partial charge in [0.25, 0.3) is 0 Å². The SMILES string of the molecule is CCCC1=Cc2c(-c3ccc(C)cc3)cccc2[CH]1[Hf+2]1([CH]2C(CCC)=Cc3c(-c4ccc(C)cc4)cccc32)[CH]2CCCC[CH]21.[Cl-].[Cl-]. The van der Waals surface area contributed by atoms with E-state index in [-0.39, 0.29) is 24.8 Å². The Kier molecular flexibility index (Phi) is 10.3. The van der Waals surface area contributed by atoms with Gasteiger partial charge in [0.2, 0.25) is 0 Å². The first-order chi connectivity index (χ1) is 22.1. The minimum Gasteiger partial charge on any atom is -1.00 e. The molecule has 1 saturated heterocycles. The molecule has 8 rings (SSSR count). The zero-order valence-electron chi connectivity index (χ0n) is 28.5. The summed E-state index contributed by atoms with van der Waals surface area (Å²) in [4.78, 5) is 0. The van der Waals surface area contributed by atoms with Crippen molar-refractivity contribution in [3.8, 4) is 22.3 Å². The predicted molar refractivity (Wildman–Crippen MR) is 190 cm³/mol. The first-order valence-corrected chi connectivity index (χ1v) is 26.2. The molecule has 1 heterocycles. The maximum atomic E-state index is 2.71. The molecular formula is C44H48Cl2Hf. The van der Waals surface area contributed by atoms with E-state index in [1.165, 1.54) is 84.7 Å². The molecule has 0 spiro atoms. The fourth-order valence-corrected chi connectivity index (χ4v) is 45.8. The zero-order valence-corrected chi connectivity index (χ0v) is 33.6. The number of allylic oxidation sites excluding steroid dienone is 2. The van der Waals surface area contributed by atoms with Gasteiger partial charge in [-0.15, -0.1) is 0 Å². The number of hydrogen-bond donors (Lipinski definition) is 0. The maximum Gasteiger partial charge on any atom is -1.00 e.